The van der Waals surface area contributed by atoms with Crippen LogP contribution in [0.3, 0.4) is 0 Å². The quantitative estimate of drug-likeness (QED) is 0.504. The molecule has 2 rings (SSSR count). The molecule has 9 heavy (non-hydrogen) atoms. The molecule has 0 N–H and O–H groups in total. The molecule has 2 saturated carbocycles. The van der Waals surface area contributed by atoms with Crippen molar-refractivity contribution in [1.82, 2.24) is 0 Å². The predicted molar refractivity (Wildman–Crippen MR) is 39.2 cm³/mol. The number of hydrogen-bond acceptors (Lipinski definition) is 0. The lowest BCUT2D eigenvalue weighted by Gasteiger charge is -2.20. The maximum Gasteiger partial charge on any atom is -0.0181 e. The first kappa shape index (κ1) is 5.76. The van der Waals surface area contributed by atoms with Crippen LogP contribution >= 0.6 is 0 Å². The van der Waals surface area contributed by atoms with E-state index in [1.54, 1.807) is 0 Å². The molecule has 0 amide bonds. The average molecular weight is 124 g/mol. The van der Waals surface area contributed by atoms with Gasteiger partial charge in [0, 0.05) is 0 Å². The maximum atomic E-state index is 2.42. The SMILES string of the molecule is CC[C@]12[C@H]([C@@H]1C)C2(C)C. The second kappa shape index (κ2) is 1.09. The van der Waals surface area contributed by atoms with Gasteiger partial charge in [-0.2, -0.15) is 0 Å². The normalized spacial score (nSPS) is 58.7. The summed E-state index contributed by atoms with van der Waals surface area (Å²) >= 11 is 0. The molecule has 0 aromatic carbocycles. The summed E-state index contributed by atoms with van der Waals surface area (Å²) in [6.45, 7) is 9.58. The highest BCUT2D eigenvalue weighted by Crippen LogP contribution is 2.92. The minimum absolute atomic E-state index is 0.723. The molecule has 0 aliphatic heterocycles. The summed E-state index contributed by atoms with van der Waals surface area (Å²) in [5.74, 6) is 2.15. The first-order valence-corrected chi connectivity index (χ1v) is 4.09. The Kier molecular flexibility index (Phi) is 0.695. The molecule has 3 atom stereocenters. The molecule has 0 heterocycles. The lowest BCUT2D eigenvalue weighted by atomic mass is 9.84. The molecule has 0 aromatic heterocycles. The molecule has 0 saturated heterocycles. The van der Waals surface area contributed by atoms with Gasteiger partial charge in [0.25, 0.3) is 0 Å². The van der Waals surface area contributed by atoms with E-state index in [0.717, 1.165) is 22.7 Å². The van der Waals surface area contributed by atoms with Crippen molar-refractivity contribution < 1.29 is 0 Å². The maximum absolute atomic E-state index is 2.42. The molecular weight excluding hydrogens is 108 g/mol. The van der Waals surface area contributed by atoms with E-state index in [-0.39, 0.29) is 0 Å². The molecule has 0 aromatic rings. The van der Waals surface area contributed by atoms with Gasteiger partial charge in [0.15, 0.2) is 0 Å². The lowest BCUT2D eigenvalue weighted by molar-refractivity contribution is 0.284. The Morgan fingerprint density at radius 3 is 1.89 bits per heavy atom. The summed E-state index contributed by atoms with van der Waals surface area (Å²) in [6.07, 6.45) is 1.41. The second-order valence-corrected chi connectivity index (χ2v) is 4.38. The Balaban J connectivity index is 2.18. The van der Waals surface area contributed by atoms with E-state index in [2.05, 4.69) is 27.7 Å². The van der Waals surface area contributed by atoms with Gasteiger partial charge >= 0.3 is 0 Å². The van der Waals surface area contributed by atoms with E-state index >= 15 is 0 Å². The molecule has 2 fully saturated rings. The van der Waals surface area contributed by atoms with Crippen molar-refractivity contribution in [1.29, 1.82) is 0 Å². The van der Waals surface area contributed by atoms with Crippen LogP contribution in [0, 0.1) is 22.7 Å². The van der Waals surface area contributed by atoms with Crippen molar-refractivity contribution in [3.05, 3.63) is 0 Å². The van der Waals surface area contributed by atoms with Crippen LogP contribution in [0.2, 0.25) is 0 Å². The third-order valence-electron chi connectivity index (χ3n) is 4.24. The van der Waals surface area contributed by atoms with Gasteiger partial charge in [-0.15, -0.1) is 0 Å². The van der Waals surface area contributed by atoms with Crippen LogP contribution < -0.4 is 0 Å². The fourth-order valence-electron chi connectivity index (χ4n) is 3.67. The lowest BCUT2D eigenvalue weighted by Crippen LogP contribution is -2.13. The van der Waals surface area contributed by atoms with Crippen LogP contribution in [0.4, 0.5) is 0 Å². The van der Waals surface area contributed by atoms with E-state index in [9.17, 15) is 0 Å². The molecule has 2 aliphatic carbocycles. The molecule has 0 nitrogen and oxygen atoms in total. The minimum atomic E-state index is 0.723. The van der Waals surface area contributed by atoms with Crippen molar-refractivity contribution in [2.24, 2.45) is 22.7 Å². The van der Waals surface area contributed by atoms with Gasteiger partial charge in [0.1, 0.15) is 0 Å². The number of hydrogen-bond donors (Lipinski definition) is 0. The largest absolute Gasteiger partial charge is 0.0648 e. The molecule has 0 heteroatoms. The van der Waals surface area contributed by atoms with Gasteiger partial charge in [-0.1, -0.05) is 27.7 Å². The predicted octanol–water partition coefficient (Wildman–Crippen LogP) is 2.69. The monoisotopic (exact) mass is 124 g/mol. The minimum Gasteiger partial charge on any atom is -0.0648 e. The number of rotatable bonds is 1. The van der Waals surface area contributed by atoms with Gasteiger partial charge in [-0.05, 0) is 29.1 Å². The Morgan fingerprint density at radius 2 is 1.89 bits per heavy atom. The van der Waals surface area contributed by atoms with Crippen molar-refractivity contribution in [3.63, 3.8) is 0 Å². The van der Waals surface area contributed by atoms with Gasteiger partial charge in [0.2, 0.25) is 0 Å². The Hall–Kier alpha value is 0. The van der Waals surface area contributed by atoms with Crippen LogP contribution in [0.25, 0.3) is 0 Å². The van der Waals surface area contributed by atoms with Crippen LogP contribution in [0.1, 0.15) is 34.1 Å². The van der Waals surface area contributed by atoms with Gasteiger partial charge in [0.05, 0.1) is 0 Å². The third kappa shape index (κ3) is 0.320. The van der Waals surface area contributed by atoms with Crippen molar-refractivity contribution in [3.8, 4) is 0 Å². The summed E-state index contributed by atoms with van der Waals surface area (Å²) in [5, 5.41) is 0. The first-order valence-electron chi connectivity index (χ1n) is 4.09. The number of fused-ring (bicyclic) bond motifs is 1. The molecule has 0 spiro atoms. The highest BCUT2D eigenvalue weighted by molar-refractivity contribution is 5.34. The van der Waals surface area contributed by atoms with E-state index in [1.807, 2.05) is 0 Å². The Bertz CT molecular complexity index is 157. The molecule has 0 bridgehead atoms. The summed E-state index contributed by atoms with van der Waals surface area (Å²) < 4.78 is 0. The summed E-state index contributed by atoms with van der Waals surface area (Å²) in [5.41, 5.74) is 1.54. The zero-order valence-electron chi connectivity index (χ0n) is 6.86. The summed E-state index contributed by atoms with van der Waals surface area (Å²) in [7, 11) is 0. The Labute approximate surface area is 57.6 Å². The van der Waals surface area contributed by atoms with E-state index in [4.69, 9.17) is 0 Å². The summed E-state index contributed by atoms with van der Waals surface area (Å²) in [6, 6.07) is 0. The first-order chi connectivity index (χ1) is 4.09. The van der Waals surface area contributed by atoms with Crippen LogP contribution in [0.15, 0.2) is 0 Å². The molecular formula is C9H16. The summed E-state index contributed by atoms with van der Waals surface area (Å²) in [4.78, 5) is 0. The van der Waals surface area contributed by atoms with Gasteiger partial charge in [-0.25, -0.2) is 0 Å². The van der Waals surface area contributed by atoms with Crippen LogP contribution in [-0.2, 0) is 0 Å². The average Bonchev–Trinajstić information content (AvgIpc) is 2.53. The fourth-order valence-corrected chi connectivity index (χ4v) is 3.67. The van der Waals surface area contributed by atoms with Crippen LogP contribution in [-0.4, -0.2) is 0 Å². The van der Waals surface area contributed by atoms with E-state index in [0.29, 0.717) is 0 Å². The van der Waals surface area contributed by atoms with Crippen molar-refractivity contribution in [2.75, 3.05) is 0 Å². The fraction of sp³-hybridized carbons (Fsp3) is 1.00. The van der Waals surface area contributed by atoms with Crippen molar-refractivity contribution in [2.45, 2.75) is 34.1 Å². The zero-order chi connectivity index (χ0) is 6.86. The molecule has 52 valence electrons. The standard InChI is InChI=1S/C9H16/c1-5-9-6(2)7(9)8(9,3)4/h6-7H,5H2,1-4H3/t6-,7+,9+/m0/s1. The highest BCUT2D eigenvalue weighted by Gasteiger charge is 2.87. The third-order valence-corrected chi connectivity index (χ3v) is 4.24. The van der Waals surface area contributed by atoms with Crippen LogP contribution in [0.5, 0.6) is 0 Å². The van der Waals surface area contributed by atoms with Crippen molar-refractivity contribution >= 4 is 0 Å². The van der Waals surface area contributed by atoms with Gasteiger partial charge < -0.3 is 0 Å². The molecule has 2 aliphatic rings. The van der Waals surface area contributed by atoms with E-state index < -0.39 is 0 Å². The molecule has 0 unspecified atom stereocenters. The molecule has 0 radical (unpaired) electrons. The Morgan fingerprint density at radius 1 is 1.33 bits per heavy atom. The topological polar surface area (TPSA) is 0 Å². The highest BCUT2D eigenvalue weighted by atomic mass is 14.9. The second-order valence-electron chi connectivity index (χ2n) is 4.38. The van der Waals surface area contributed by atoms with Gasteiger partial charge in [-0.3, -0.25) is 0 Å². The zero-order valence-corrected chi connectivity index (χ0v) is 6.86. The van der Waals surface area contributed by atoms with E-state index in [1.165, 1.54) is 6.42 Å². The smallest absolute Gasteiger partial charge is 0.0181 e.